The fourth-order valence-corrected chi connectivity index (χ4v) is 1.05. The molecule has 0 aliphatic rings. The molecule has 0 spiro atoms. The lowest BCUT2D eigenvalue weighted by Crippen LogP contribution is -2.22. The van der Waals surface area contributed by atoms with Crippen LogP contribution in [0.5, 0.6) is 0 Å². The number of rotatable bonds is 10. The van der Waals surface area contributed by atoms with E-state index < -0.39 is 0 Å². The third-order valence-electron chi connectivity index (χ3n) is 1.91. The molecule has 14 heavy (non-hydrogen) atoms. The van der Waals surface area contributed by atoms with E-state index in [2.05, 4.69) is 6.92 Å². The minimum atomic E-state index is 0.636. The van der Waals surface area contributed by atoms with Crippen LogP contribution in [-0.2, 0) is 9.47 Å². The van der Waals surface area contributed by atoms with Crippen LogP contribution in [0.4, 0.5) is 0 Å². The van der Waals surface area contributed by atoms with Crippen LogP contribution in [0.15, 0.2) is 0 Å². The van der Waals surface area contributed by atoms with E-state index in [1.165, 1.54) is 5.06 Å². The highest BCUT2D eigenvalue weighted by Crippen LogP contribution is 1.93. The predicted octanol–water partition coefficient (Wildman–Crippen LogP) is 1.53. The second-order valence-electron chi connectivity index (χ2n) is 3.27. The van der Waals surface area contributed by atoms with Gasteiger partial charge in [0, 0.05) is 26.8 Å². The molecule has 0 aromatic heterocycles. The Balaban J connectivity index is 3.02. The van der Waals surface area contributed by atoms with Gasteiger partial charge in [-0.05, 0) is 12.8 Å². The number of methoxy groups -OCH3 is 1. The van der Waals surface area contributed by atoms with Crippen LogP contribution in [-0.4, -0.2) is 50.3 Å². The number of hydroxylamine groups is 2. The third-order valence-corrected chi connectivity index (χ3v) is 1.91. The van der Waals surface area contributed by atoms with Crippen molar-refractivity contribution in [3.63, 3.8) is 0 Å². The van der Waals surface area contributed by atoms with Gasteiger partial charge < -0.3 is 14.7 Å². The maximum atomic E-state index is 9.34. The zero-order valence-electron chi connectivity index (χ0n) is 9.37. The number of hydrogen-bond acceptors (Lipinski definition) is 4. The Hall–Kier alpha value is -0.160. The van der Waals surface area contributed by atoms with E-state index in [1.54, 1.807) is 7.11 Å². The first-order valence-electron chi connectivity index (χ1n) is 5.31. The maximum absolute atomic E-state index is 9.34. The average Bonchev–Trinajstić information content (AvgIpc) is 2.20. The Morgan fingerprint density at radius 3 is 2.43 bits per heavy atom. The van der Waals surface area contributed by atoms with Gasteiger partial charge in [-0.25, -0.2) is 0 Å². The minimum Gasteiger partial charge on any atom is -0.382 e. The molecule has 0 rings (SSSR count). The molecule has 0 bridgehead atoms. The summed E-state index contributed by atoms with van der Waals surface area (Å²) in [5, 5.41) is 10.7. The molecule has 1 N–H and O–H groups in total. The SMILES string of the molecule is CCCCN(O)CCCOCCOC. The fraction of sp³-hybridized carbons (Fsp3) is 1.00. The second-order valence-corrected chi connectivity index (χ2v) is 3.27. The number of ether oxygens (including phenoxy) is 2. The second kappa shape index (κ2) is 10.9. The van der Waals surface area contributed by atoms with Crippen LogP contribution in [0, 0.1) is 0 Å². The van der Waals surface area contributed by atoms with Crippen molar-refractivity contribution in [2.24, 2.45) is 0 Å². The van der Waals surface area contributed by atoms with Gasteiger partial charge in [-0.3, -0.25) is 0 Å². The van der Waals surface area contributed by atoms with Gasteiger partial charge in [0.2, 0.25) is 0 Å². The van der Waals surface area contributed by atoms with E-state index >= 15 is 0 Å². The molecule has 0 aromatic carbocycles. The molecule has 4 heteroatoms. The molecular formula is C10H23NO3. The topological polar surface area (TPSA) is 41.9 Å². The molecule has 0 aromatic rings. The van der Waals surface area contributed by atoms with Crippen LogP contribution < -0.4 is 0 Å². The van der Waals surface area contributed by atoms with Gasteiger partial charge in [0.15, 0.2) is 0 Å². The number of unbranched alkanes of at least 4 members (excludes halogenated alkanes) is 1. The molecule has 0 saturated carbocycles. The van der Waals surface area contributed by atoms with Crippen LogP contribution in [0.3, 0.4) is 0 Å². The number of nitrogens with zero attached hydrogens (tertiary/aromatic N) is 1. The standard InChI is InChI=1S/C10H23NO3/c1-3-4-6-11(12)7-5-8-14-10-9-13-2/h12H,3-10H2,1-2H3. The summed E-state index contributed by atoms with van der Waals surface area (Å²) in [4.78, 5) is 0. The zero-order valence-corrected chi connectivity index (χ0v) is 9.37. The van der Waals surface area contributed by atoms with Gasteiger partial charge >= 0.3 is 0 Å². The molecule has 0 amide bonds. The summed E-state index contributed by atoms with van der Waals surface area (Å²) in [5.74, 6) is 0. The summed E-state index contributed by atoms with van der Waals surface area (Å²) in [7, 11) is 1.66. The van der Waals surface area contributed by atoms with Crippen molar-refractivity contribution in [2.75, 3.05) is 40.0 Å². The first-order valence-corrected chi connectivity index (χ1v) is 5.31. The molecule has 0 radical (unpaired) electrons. The summed E-state index contributed by atoms with van der Waals surface area (Å²) >= 11 is 0. The fourth-order valence-electron chi connectivity index (χ4n) is 1.05. The maximum Gasteiger partial charge on any atom is 0.0700 e. The Labute approximate surface area is 86.8 Å². The van der Waals surface area contributed by atoms with Gasteiger partial charge in [-0.1, -0.05) is 13.3 Å². The summed E-state index contributed by atoms with van der Waals surface area (Å²) in [5.41, 5.74) is 0. The summed E-state index contributed by atoms with van der Waals surface area (Å²) in [6.45, 7) is 5.52. The first kappa shape index (κ1) is 13.8. The lowest BCUT2D eigenvalue weighted by molar-refractivity contribution is -0.0956. The van der Waals surface area contributed by atoms with Gasteiger partial charge in [0.05, 0.1) is 13.2 Å². The van der Waals surface area contributed by atoms with Crippen LogP contribution in [0.2, 0.25) is 0 Å². The molecule has 86 valence electrons. The van der Waals surface area contributed by atoms with Crippen molar-refractivity contribution in [3.05, 3.63) is 0 Å². The van der Waals surface area contributed by atoms with Crippen molar-refractivity contribution < 1.29 is 14.7 Å². The third kappa shape index (κ3) is 9.92. The van der Waals surface area contributed by atoms with E-state index in [4.69, 9.17) is 9.47 Å². The normalized spacial score (nSPS) is 11.1. The number of hydrogen-bond donors (Lipinski definition) is 1. The van der Waals surface area contributed by atoms with Crippen LogP contribution >= 0.6 is 0 Å². The molecule has 0 aliphatic heterocycles. The highest BCUT2D eigenvalue weighted by atomic mass is 16.5. The molecule has 4 nitrogen and oxygen atoms in total. The Morgan fingerprint density at radius 2 is 1.79 bits per heavy atom. The van der Waals surface area contributed by atoms with Gasteiger partial charge in [0.1, 0.15) is 0 Å². The van der Waals surface area contributed by atoms with E-state index in [-0.39, 0.29) is 0 Å². The van der Waals surface area contributed by atoms with Crippen molar-refractivity contribution in [1.82, 2.24) is 5.06 Å². The van der Waals surface area contributed by atoms with Crippen LogP contribution in [0.1, 0.15) is 26.2 Å². The lowest BCUT2D eigenvalue weighted by Gasteiger charge is -2.13. The van der Waals surface area contributed by atoms with Crippen molar-refractivity contribution in [2.45, 2.75) is 26.2 Å². The largest absolute Gasteiger partial charge is 0.382 e. The summed E-state index contributed by atoms with van der Waals surface area (Å²) in [6.07, 6.45) is 3.02. The smallest absolute Gasteiger partial charge is 0.0700 e. The Bertz CT molecular complexity index is 112. The summed E-state index contributed by atoms with van der Waals surface area (Å²) < 4.78 is 10.1. The van der Waals surface area contributed by atoms with Crippen molar-refractivity contribution in [1.29, 1.82) is 0 Å². The van der Waals surface area contributed by atoms with Crippen LogP contribution in [0.25, 0.3) is 0 Å². The van der Waals surface area contributed by atoms with Crippen molar-refractivity contribution >= 4 is 0 Å². The first-order chi connectivity index (χ1) is 6.81. The zero-order chi connectivity index (χ0) is 10.6. The van der Waals surface area contributed by atoms with Gasteiger partial charge in [0.25, 0.3) is 0 Å². The van der Waals surface area contributed by atoms with E-state index in [0.29, 0.717) is 26.4 Å². The van der Waals surface area contributed by atoms with Gasteiger partial charge in [-0.15, -0.1) is 0 Å². The molecule has 0 unspecified atom stereocenters. The van der Waals surface area contributed by atoms with E-state index in [9.17, 15) is 5.21 Å². The Kier molecular flexibility index (Phi) is 10.8. The highest BCUT2D eigenvalue weighted by Gasteiger charge is 1.98. The van der Waals surface area contributed by atoms with Crippen molar-refractivity contribution in [3.8, 4) is 0 Å². The quantitative estimate of drug-likeness (QED) is 0.434. The molecule has 0 fully saturated rings. The molecule has 0 aliphatic carbocycles. The van der Waals surface area contributed by atoms with E-state index in [0.717, 1.165) is 25.8 Å². The average molecular weight is 205 g/mol. The predicted molar refractivity (Wildman–Crippen MR) is 55.6 cm³/mol. The summed E-state index contributed by atoms with van der Waals surface area (Å²) in [6, 6.07) is 0. The lowest BCUT2D eigenvalue weighted by atomic mass is 10.3. The van der Waals surface area contributed by atoms with E-state index in [1.807, 2.05) is 0 Å². The Morgan fingerprint density at radius 1 is 1.07 bits per heavy atom. The highest BCUT2D eigenvalue weighted by molar-refractivity contribution is 4.45. The monoisotopic (exact) mass is 205 g/mol. The molecule has 0 saturated heterocycles. The van der Waals surface area contributed by atoms with Gasteiger partial charge in [-0.2, -0.15) is 5.06 Å². The minimum absolute atomic E-state index is 0.636. The molecular weight excluding hydrogens is 182 g/mol. The molecule has 0 atom stereocenters. The molecule has 0 heterocycles.